The monoisotopic (exact) mass is 301 g/mol. The van der Waals surface area contributed by atoms with E-state index >= 15 is 0 Å². The molecular weight excluding hydrogens is 274 g/mol. The van der Waals surface area contributed by atoms with E-state index < -0.39 is 11.7 Å². The number of alkyl carbamates (subject to hydrolysis) is 1. The quantitative estimate of drug-likeness (QED) is 0.676. The van der Waals surface area contributed by atoms with Crippen LogP contribution >= 0.6 is 11.8 Å². The van der Waals surface area contributed by atoms with E-state index in [0.29, 0.717) is 19.5 Å². The summed E-state index contributed by atoms with van der Waals surface area (Å²) in [5.74, 6) is 0.815. The fraction of sp³-hybridized carbons (Fsp3) is 0.714. The normalized spacial score (nSPS) is 12.2. The van der Waals surface area contributed by atoms with Crippen molar-refractivity contribution in [3.05, 3.63) is 11.6 Å². The Kier molecular flexibility index (Phi) is 9.33. The second-order valence-electron chi connectivity index (χ2n) is 5.24. The number of nitrogens with one attached hydrogen (secondary N) is 1. The first-order valence-corrected chi connectivity index (χ1v) is 7.82. The van der Waals surface area contributed by atoms with Crippen molar-refractivity contribution in [3.63, 3.8) is 0 Å². The molecule has 0 spiro atoms. The van der Waals surface area contributed by atoms with Crippen molar-refractivity contribution in [2.24, 2.45) is 10.7 Å². The first-order chi connectivity index (χ1) is 9.28. The van der Waals surface area contributed by atoms with E-state index in [1.165, 1.54) is 0 Å². The topological polar surface area (TPSA) is 76.7 Å². The molecule has 0 saturated carbocycles. The van der Waals surface area contributed by atoms with E-state index in [1.807, 2.05) is 27.7 Å². The zero-order valence-electron chi connectivity index (χ0n) is 13.0. The fourth-order valence-corrected chi connectivity index (χ4v) is 1.87. The van der Waals surface area contributed by atoms with E-state index in [9.17, 15) is 4.79 Å². The van der Waals surface area contributed by atoms with Crippen LogP contribution in [0.25, 0.3) is 0 Å². The Morgan fingerprint density at radius 2 is 2.10 bits per heavy atom. The molecule has 0 atom stereocenters. The Morgan fingerprint density at radius 3 is 2.60 bits per heavy atom. The van der Waals surface area contributed by atoms with E-state index in [2.05, 4.69) is 16.9 Å². The Labute approximate surface area is 126 Å². The number of hydrogen-bond acceptors (Lipinski definition) is 5. The molecule has 20 heavy (non-hydrogen) atoms. The number of nitrogens with zero attached hydrogens (tertiary/aromatic N) is 1. The fourth-order valence-electron chi connectivity index (χ4n) is 1.32. The van der Waals surface area contributed by atoms with Gasteiger partial charge in [0.05, 0.1) is 5.03 Å². The summed E-state index contributed by atoms with van der Waals surface area (Å²) in [6.45, 7) is 12.5. The van der Waals surface area contributed by atoms with Crippen LogP contribution in [0.1, 0.15) is 40.5 Å². The summed E-state index contributed by atoms with van der Waals surface area (Å²) in [7, 11) is 0. The van der Waals surface area contributed by atoms with E-state index in [1.54, 1.807) is 11.8 Å². The van der Waals surface area contributed by atoms with Gasteiger partial charge in [-0.25, -0.2) is 4.79 Å². The van der Waals surface area contributed by atoms with Crippen molar-refractivity contribution >= 4 is 23.6 Å². The molecule has 0 heterocycles. The minimum absolute atomic E-state index is 0.399. The van der Waals surface area contributed by atoms with Gasteiger partial charge in [-0.3, -0.25) is 4.99 Å². The predicted molar refractivity (Wildman–Crippen MR) is 87.2 cm³/mol. The molecule has 0 rings (SSSR count). The lowest BCUT2D eigenvalue weighted by Crippen LogP contribution is -2.33. The highest BCUT2D eigenvalue weighted by atomic mass is 32.2. The maximum atomic E-state index is 11.5. The van der Waals surface area contributed by atoms with Gasteiger partial charge in [0.1, 0.15) is 5.60 Å². The van der Waals surface area contributed by atoms with Crippen molar-refractivity contribution in [2.45, 2.75) is 46.1 Å². The highest BCUT2D eigenvalue weighted by Crippen LogP contribution is 2.15. The summed E-state index contributed by atoms with van der Waals surface area (Å²) < 4.78 is 5.16. The smallest absolute Gasteiger partial charge is 0.407 e. The van der Waals surface area contributed by atoms with Gasteiger partial charge in [-0.1, -0.05) is 13.5 Å². The lowest BCUT2D eigenvalue weighted by molar-refractivity contribution is 0.0529. The number of carbonyl (C=O) groups excluding carboxylic acids is 1. The summed E-state index contributed by atoms with van der Waals surface area (Å²) in [4.78, 5) is 15.9. The number of nitrogens with two attached hydrogens (primary N) is 1. The van der Waals surface area contributed by atoms with Gasteiger partial charge in [0, 0.05) is 31.0 Å². The van der Waals surface area contributed by atoms with Crippen molar-refractivity contribution in [1.29, 1.82) is 0 Å². The summed E-state index contributed by atoms with van der Waals surface area (Å²) in [5, 5.41) is 3.49. The van der Waals surface area contributed by atoms with Crippen LogP contribution in [0.4, 0.5) is 4.79 Å². The first-order valence-electron chi connectivity index (χ1n) is 6.83. The van der Waals surface area contributed by atoms with E-state index in [0.717, 1.165) is 22.9 Å². The predicted octanol–water partition coefficient (Wildman–Crippen LogP) is 2.92. The third-order valence-electron chi connectivity index (χ3n) is 2.16. The van der Waals surface area contributed by atoms with Gasteiger partial charge in [-0.15, -0.1) is 11.8 Å². The van der Waals surface area contributed by atoms with Crippen LogP contribution in [-0.4, -0.2) is 36.2 Å². The van der Waals surface area contributed by atoms with Crippen LogP contribution in [0, 0.1) is 0 Å². The lowest BCUT2D eigenvalue weighted by atomic mass is 10.2. The molecule has 116 valence electrons. The molecule has 0 aliphatic carbocycles. The van der Waals surface area contributed by atoms with Gasteiger partial charge in [0.15, 0.2) is 0 Å². The number of aliphatic imine (C=N–C) groups is 1. The molecule has 0 aromatic rings. The molecule has 0 bridgehead atoms. The van der Waals surface area contributed by atoms with Crippen LogP contribution in [0.5, 0.6) is 0 Å². The Balaban J connectivity index is 4.10. The number of amides is 1. The Bertz CT molecular complexity index is 349. The molecule has 0 fully saturated rings. The number of thioether (sulfide) groups is 1. The first kappa shape index (κ1) is 19.0. The highest BCUT2D eigenvalue weighted by Gasteiger charge is 2.15. The lowest BCUT2D eigenvalue weighted by Gasteiger charge is -2.19. The molecule has 0 saturated heterocycles. The second-order valence-corrected chi connectivity index (χ2v) is 6.41. The van der Waals surface area contributed by atoms with Gasteiger partial charge < -0.3 is 15.8 Å². The highest BCUT2D eigenvalue weighted by molar-refractivity contribution is 8.03. The number of rotatable bonds is 8. The molecule has 5 nitrogen and oxygen atoms in total. The molecular formula is C14H27N3O2S. The van der Waals surface area contributed by atoms with Crippen LogP contribution in [0.2, 0.25) is 0 Å². The minimum Gasteiger partial charge on any atom is -0.444 e. The van der Waals surface area contributed by atoms with Crippen LogP contribution in [0.3, 0.4) is 0 Å². The van der Waals surface area contributed by atoms with E-state index in [4.69, 9.17) is 10.5 Å². The van der Waals surface area contributed by atoms with Crippen molar-refractivity contribution < 1.29 is 9.53 Å². The molecule has 0 radical (unpaired) electrons. The number of ether oxygens (including phenoxy) is 1. The largest absolute Gasteiger partial charge is 0.444 e. The van der Waals surface area contributed by atoms with Gasteiger partial charge in [-0.2, -0.15) is 0 Å². The van der Waals surface area contributed by atoms with Crippen molar-refractivity contribution in [1.82, 2.24) is 5.32 Å². The van der Waals surface area contributed by atoms with Crippen LogP contribution < -0.4 is 11.1 Å². The maximum Gasteiger partial charge on any atom is 0.407 e. The molecule has 1 amide bonds. The molecule has 0 unspecified atom stereocenters. The Hall–Kier alpha value is -1.01. The van der Waals surface area contributed by atoms with Crippen LogP contribution in [0.15, 0.2) is 16.6 Å². The molecule has 0 aromatic carbocycles. The molecule has 3 N–H and O–H groups in total. The molecule has 6 heteroatoms. The zero-order valence-corrected chi connectivity index (χ0v) is 13.8. The molecule has 0 aliphatic heterocycles. The summed E-state index contributed by atoms with van der Waals surface area (Å²) in [5.41, 5.74) is 5.97. The van der Waals surface area contributed by atoms with Gasteiger partial charge in [-0.05, 0) is 27.2 Å². The molecule has 0 aromatic heterocycles. The maximum absolute atomic E-state index is 11.5. The average Bonchev–Trinajstić information content (AvgIpc) is 2.32. The van der Waals surface area contributed by atoms with Gasteiger partial charge in [0.2, 0.25) is 0 Å². The summed E-state index contributed by atoms with van der Waals surface area (Å²) in [6.07, 6.45) is 1.13. The van der Waals surface area contributed by atoms with Crippen molar-refractivity contribution in [2.75, 3.05) is 18.8 Å². The third kappa shape index (κ3) is 10.9. The zero-order chi connectivity index (χ0) is 15.6. The molecule has 0 aliphatic rings. The van der Waals surface area contributed by atoms with Crippen molar-refractivity contribution in [3.8, 4) is 0 Å². The van der Waals surface area contributed by atoms with Crippen LogP contribution in [-0.2, 0) is 4.74 Å². The van der Waals surface area contributed by atoms with E-state index in [-0.39, 0.29) is 0 Å². The number of hydrogen-bond donors (Lipinski definition) is 2. The summed E-state index contributed by atoms with van der Waals surface area (Å²) >= 11 is 1.55. The second kappa shape index (κ2) is 9.83. The SMILES string of the molecule is C=C(/N=C(\CC)CCNC(=O)OC(C)(C)C)SCCN. The van der Waals surface area contributed by atoms with Gasteiger partial charge >= 0.3 is 6.09 Å². The summed E-state index contributed by atoms with van der Waals surface area (Å²) in [6, 6.07) is 0. The van der Waals surface area contributed by atoms with Gasteiger partial charge in [0.25, 0.3) is 0 Å². The minimum atomic E-state index is -0.473. The standard InChI is InChI=1S/C14H27N3O2S/c1-6-12(17-11(2)20-10-8-15)7-9-16-13(18)19-14(3,4)5/h2,6-10,15H2,1,3-5H3,(H,16,18)/b17-12+. The average molecular weight is 301 g/mol. The Morgan fingerprint density at radius 1 is 1.45 bits per heavy atom. The number of carbonyl (C=O) groups is 1. The third-order valence-corrected chi connectivity index (χ3v) is 3.02.